The molecule has 5 nitrogen and oxygen atoms in total. The van der Waals surface area contributed by atoms with Crippen molar-refractivity contribution in [3.63, 3.8) is 0 Å². The summed E-state index contributed by atoms with van der Waals surface area (Å²) < 4.78 is 0. The number of aromatic nitrogens is 2. The molecule has 2 heterocycles. The summed E-state index contributed by atoms with van der Waals surface area (Å²) in [4.78, 5) is 8.95. The molecule has 1 fully saturated rings. The fourth-order valence-electron chi connectivity index (χ4n) is 3.30. The third kappa shape index (κ3) is 3.55. The van der Waals surface area contributed by atoms with E-state index in [2.05, 4.69) is 21.4 Å². The van der Waals surface area contributed by atoms with E-state index in [1.807, 2.05) is 38.1 Å². The normalized spacial score (nSPS) is 20.8. The van der Waals surface area contributed by atoms with Crippen LogP contribution < -0.4 is 5.32 Å². The number of hydrogen-bond donors (Lipinski definition) is 2. The number of nitrogens with one attached hydrogen (secondary N) is 1. The van der Waals surface area contributed by atoms with Crippen molar-refractivity contribution in [2.75, 3.05) is 5.32 Å². The van der Waals surface area contributed by atoms with Crippen LogP contribution in [-0.2, 0) is 6.42 Å². The SMILES string of the molecule is Cc1cc(NC(Cc2ccccn2)C2CC(O)C2)nc(C)c1C#N. The molecule has 1 aliphatic carbocycles. The van der Waals surface area contributed by atoms with Gasteiger partial charge in [-0.15, -0.1) is 0 Å². The number of aliphatic hydroxyl groups is 1. The lowest BCUT2D eigenvalue weighted by molar-refractivity contribution is 0.0340. The van der Waals surface area contributed by atoms with Gasteiger partial charge in [0.05, 0.1) is 17.4 Å². The second kappa shape index (κ2) is 6.98. The minimum atomic E-state index is -0.194. The van der Waals surface area contributed by atoms with E-state index in [1.165, 1.54) is 0 Å². The van der Waals surface area contributed by atoms with Crippen molar-refractivity contribution in [3.05, 3.63) is 53.0 Å². The number of pyridine rings is 2. The molecule has 0 saturated heterocycles. The van der Waals surface area contributed by atoms with Crippen molar-refractivity contribution in [1.29, 1.82) is 5.26 Å². The Morgan fingerprint density at radius 2 is 2.17 bits per heavy atom. The van der Waals surface area contributed by atoms with Crippen LogP contribution in [0.4, 0.5) is 5.82 Å². The van der Waals surface area contributed by atoms with E-state index in [4.69, 9.17) is 0 Å². The fourth-order valence-corrected chi connectivity index (χ4v) is 3.30. The number of hydrogen-bond acceptors (Lipinski definition) is 5. The molecule has 3 rings (SSSR count). The molecule has 5 heteroatoms. The molecule has 24 heavy (non-hydrogen) atoms. The standard InChI is InChI=1S/C19H22N4O/c1-12-7-19(22-13(2)17(12)11-20)23-18(14-8-16(24)9-14)10-15-5-3-4-6-21-15/h3-7,14,16,18,24H,8-10H2,1-2H3,(H,22,23). The fraction of sp³-hybridized carbons (Fsp3) is 0.421. The molecule has 1 saturated carbocycles. The largest absolute Gasteiger partial charge is 0.393 e. The van der Waals surface area contributed by atoms with Gasteiger partial charge in [0.25, 0.3) is 0 Å². The number of anilines is 1. The number of rotatable bonds is 5. The molecule has 1 atom stereocenters. The Balaban J connectivity index is 1.80. The van der Waals surface area contributed by atoms with Crippen LogP contribution in [0.25, 0.3) is 0 Å². The Hall–Kier alpha value is -2.45. The van der Waals surface area contributed by atoms with E-state index in [-0.39, 0.29) is 12.1 Å². The Bertz CT molecular complexity index is 725. The van der Waals surface area contributed by atoms with Crippen LogP contribution in [0.5, 0.6) is 0 Å². The van der Waals surface area contributed by atoms with Crippen molar-refractivity contribution in [3.8, 4) is 6.07 Å². The van der Waals surface area contributed by atoms with E-state index in [0.29, 0.717) is 11.5 Å². The Morgan fingerprint density at radius 1 is 1.38 bits per heavy atom. The first-order valence-electron chi connectivity index (χ1n) is 8.29. The van der Waals surface area contributed by atoms with E-state index in [9.17, 15) is 10.4 Å². The Morgan fingerprint density at radius 3 is 2.75 bits per heavy atom. The van der Waals surface area contributed by atoms with Crippen LogP contribution in [0.1, 0.15) is 35.4 Å². The first-order chi connectivity index (χ1) is 11.6. The number of nitriles is 1. The van der Waals surface area contributed by atoms with E-state index >= 15 is 0 Å². The highest BCUT2D eigenvalue weighted by molar-refractivity contribution is 5.49. The van der Waals surface area contributed by atoms with Crippen LogP contribution >= 0.6 is 0 Å². The molecule has 0 spiro atoms. The quantitative estimate of drug-likeness (QED) is 0.884. The molecule has 0 aromatic carbocycles. The van der Waals surface area contributed by atoms with Crippen molar-refractivity contribution in [2.45, 2.75) is 45.3 Å². The average Bonchev–Trinajstić information content (AvgIpc) is 2.52. The summed E-state index contributed by atoms with van der Waals surface area (Å²) in [6.07, 6.45) is 4.01. The van der Waals surface area contributed by atoms with Gasteiger partial charge in [0.1, 0.15) is 11.9 Å². The van der Waals surface area contributed by atoms with E-state index < -0.39 is 0 Å². The molecular formula is C19H22N4O. The number of aryl methyl sites for hydroxylation is 2. The van der Waals surface area contributed by atoms with Gasteiger partial charge in [0.15, 0.2) is 0 Å². The van der Waals surface area contributed by atoms with Crippen LogP contribution in [0.15, 0.2) is 30.5 Å². The van der Waals surface area contributed by atoms with Gasteiger partial charge in [0, 0.05) is 24.4 Å². The van der Waals surface area contributed by atoms with Crippen molar-refractivity contribution >= 4 is 5.82 Å². The highest BCUT2D eigenvalue weighted by atomic mass is 16.3. The van der Waals surface area contributed by atoms with Crippen LogP contribution in [0.3, 0.4) is 0 Å². The Kier molecular flexibility index (Phi) is 4.77. The number of nitrogens with zero attached hydrogens (tertiary/aromatic N) is 3. The van der Waals surface area contributed by atoms with Crippen LogP contribution in [0.2, 0.25) is 0 Å². The topological polar surface area (TPSA) is 81.8 Å². The smallest absolute Gasteiger partial charge is 0.126 e. The van der Waals surface area contributed by atoms with Gasteiger partial charge in [-0.2, -0.15) is 5.26 Å². The maximum absolute atomic E-state index is 9.66. The first kappa shape index (κ1) is 16.4. The first-order valence-corrected chi connectivity index (χ1v) is 8.29. The van der Waals surface area contributed by atoms with Crippen LogP contribution in [0, 0.1) is 31.1 Å². The second-order valence-corrected chi connectivity index (χ2v) is 6.56. The summed E-state index contributed by atoms with van der Waals surface area (Å²) in [7, 11) is 0. The van der Waals surface area contributed by atoms with Crippen LogP contribution in [-0.4, -0.2) is 27.2 Å². The van der Waals surface area contributed by atoms with Crippen molar-refractivity contribution < 1.29 is 5.11 Å². The lowest BCUT2D eigenvalue weighted by Gasteiger charge is -2.38. The second-order valence-electron chi connectivity index (χ2n) is 6.56. The summed E-state index contributed by atoms with van der Waals surface area (Å²) in [5.41, 5.74) is 3.34. The molecule has 1 aliphatic rings. The lowest BCUT2D eigenvalue weighted by Crippen LogP contribution is -2.42. The Labute approximate surface area is 142 Å². The monoisotopic (exact) mass is 322 g/mol. The van der Waals surface area contributed by atoms with Crippen molar-refractivity contribution in [2.24, 2.45) is 5.92 Å². The molecule has 2 N–H and O–H groups in total. The van der Waals surface area contributed by atoms with E-state index in [0.717, 1.165) is 42.0 Å². The molecular weight excluding hydrogens is 300 g/mol. The van der Waals surface area contributed by atoms with Gasteiger partial charge < -0.3 is 10.4 Å². The lowest BCUT2D eigenvalue weighted by atomic mass is 9.76. The van der Waals surface area contributed by atoms with Gasteiger partial charge in [-0.05, 0) is 56.4 Å². The molecule has 2 aromatic rings. The molecule has 0 bridgehead atoms. The maximum atomic E-state index is 9.66. The predicted molar refractivity (Wildman–Crippen MR) is 92.5 cm³/mol. The highest BCUT2D eigenvalue weighted by Crippen LogP contribution is 2.33. The zero-order valence-corrected chi connectivity index (χ0v) is 14.0. The molecule has 0 aliphatic heterocycles. The van der Waals surface area contributed by atoms with Gasteiger partial charge in [-0.25, -0.2) is 4.98 Å². The number of aliphatic hydroxyl groups excluding tert-OH is 1. The van der Waals surface area contributed by atoms with Gasteiger partial charge in [-0.1, -0.05) is 6.07 Å². The van der Waals surface area contributed by atoms with Crippen molar-refractivity contribution in [1.82, 2.24) is 9.97 Å². The molecule has 2 aromatic heterocycles. The maximum Gasteiger partial charge on any atom is 0.126 e. The third-order valence-electron chi connectivity index (χ3n) is 4.72. The summed E-state index contributed by atoms with van der Waals surface area (Å²) >= 11 is 0. The summed E-state index contributed by atoms with van der Waals surface area (Å²) in [5, 5.41) is 22.4. The summed E-state index contributed by atoms with van der Waals surface area (Å²) in [5.74, 6) is 1.19. The minimum Gasteiger partial charge on any atom is -0.393 e. The highest BCUT2D eigenvalue weighted by Gasteiger charge is 2.34. The van der Waals surface area contributed by atoms with Gasteiger partial charge in [-0.3, -0.25) is 4.98 Å². The summed E-state index contributed by atoms with van der Waals surface area (Å²) in [6.45, 7) is 3.79. The van der Waals surface area contributed by atoms with E-state index in [1.54, 1.807) is 6.20 Å². The average molecular weight is 322 g/mol. The molecule has 124 valence electrons. The van der Waals surface area contributed by atoms with Gasteiger partial charge in [0.2, 0.25) is 0 Å². The summed E-state index contributed by atoms with van der Waals surface area (Å²) in [6, 6.07) is 10.2. The van der Waals surface area contributed by atoms with Gasteiger partial charge >= 0.3 is 0 Å². The minimum absolute atomic E-state index is 0.169. The molecule has 0 amide bonds. The third-order valence-corrected chi connectivity index (χ3v) is 4.72. The zero-order chi connectivity index (χ0) is 17.1. The molecule has 1 unspecified atom stereocenters. The predicted octanol–water partition coefficient (Wildman–Crippen LogP) is 2.76. The molecule has 0 radical (unpaired) electrons. The zero-order valence-electron chi connectivity index (χ0n) is 14.0.